The Morgan fingerprint density at radius 1 is 1.47 bits per heavy atom. The number of furan rings is 1. The summed E-state index contributed by atoms with van der Waals surface area (Å²) in [5, 5.41) is 6.73. The van der Waals surface area contributed by atoms with Gasteiger partial charge in [0.1, 0.15) is 5.76 Å². The number of hydrogen-bond donors (Lipinski definition) is 1. The van der Waals surface area contributed by atoms with Crippen molar-refractivity contribution in [2.24, 2.45) is 0 Å². The molecule has 6 heteroatoms. The Labute approximate surface area is 111 Å². The van der Waals surface area contributed by atoms with Crippen molar-refractivity contribution in [1.82, 2.24) is 19.7 Å². The zero-order chi connectivity index (χ0) is 13.2. The Kier molecular flexibility index (Phi) is 3.25. The van der Waals surface area contributed by atoms with Crippen LogP contribution in [0.15, 0.2) is 27.6 Å². The molecule has 2 aromatic rings. The predicted molar refractivity (Wildman–Crippen MR) is 69.9 cm³/mol. The molecule has 1 aliphatic heterocycles. The second-order valence-electron chi connectivity index (χ2n) is 4.97. The van der Waals surface area contributed by atoms with E-state index in [4.69, 9.17) is 4.42 Å². The third kappa shape index (κ3) is 2.35. The molecule has 1 aliphatic rings. The summed E-state index contributed by atoms with van der Waals surface area (Å²) in [6, 6.07) is 3.84. The zero-order valence-electron chi connectivity index (χ0n) is 11.0. The molecular weight excluding hydrogens is 244 g/mol. The van der Waals surface area contributed by atoms with Crippen molar-refractivity contribution >= 4 is 0 Å². The van der Waals surface area contributed by atoms with Crippen LogP contribution in [0.4, 0.5) is 0 Å². The SMILES string of the molecule is CC(c1n[nH]c(=O)n1Cc1ccco1)N1CCCC1. The molecule has 0 spiro atoms. The number of hydrogen-bond acceptors (Lipinski definition) is 4. The van der Waals surface area contributed by atoms with Crippen molar-refractivity contribution in [1.29, 1.82) is 0 Å². The largest absolute Gasteiger partial charge is 0.467 e. The molecule has 0 aliphatic carbocycles. The van der Waals surface area contributed by atoms with Gasteiger partial charge in [0.25, 0.3) is 0 Å². The molecule has 0 radical (unpaired) electrons. The molecule has 3 rings (SSSR count). The van der Waals surface area contributed by atoms with Gasteiger partial charge in [0, 0.05) is 0 Å². The molecule has 19 heavy (non-hydrogen) atoms. The van der Waals surface area contributed by atoms with Gasteiger partial charge in [-0.05, 0) is 45.0 Å². The predicted octanol–water partition coefficient (Wildman–Crippen LogP) is 1.37. The highest BCUT2D eigenvalue weighted by molar-refractivity contribution is 5.03. The zero-order valence-corrected chi connectivity index (χ0v) is 11.0. The molecule has 1 atom stereocenters. The summed E-state index contributed by atoms with van der Waals surface area (Å²) < 4.78 is 6.96. The normalized spacial score (nSPS) is 17.9. The van der Waals surface area contributed by atoms with Crippen LogP contribution in [0.2, 0.25) is 0 Å². The van der Waals surface area contributed by atoms with E-state index in [1.165, 1.54) is 12.8 Å². The Bertz CT molecular complexity index is 578. The number of aromatic nitrogens is 3. The lowest BCUT2D eigenvalue weighted by Gasteiger charge is -2.22. The number of nitrogens with one attached hydrogen (secondary N) is 1. The first-order valence-electron chi connectivity index (χ1n) is 6.67. The Balaban J connectivity index is 1.87. The van der Waals surface area contributed by atoms with Crippen molar-refractivity contribution in [2.75, 3.05) is 13.1 Å². The van der Waals surface area contributed by atoms with Crippen LogP contribution >= 0.6 is 0 Å². The fourth-order valence-electron chi connectivity index (χ4n) is 2.65. The first-order chi connectivity index (χ1) is 9.25. The first kappa shape index (κ1) is 12.2. The van der Waals surface area contributed by atoms with Crippen molar-refractivity contribution in [3.8, 4) is 0 Å². The van der Waals surface area contributed by atoms with Gasteiger partial charge in [0.05, 0.1) is 18.8 Å². The highest BCUT2D eigenvalue weighted by Crippen LogP contribution is 2.22. The summed E-state index contributed by atoms with van der Waals surface area (Å²) >= 11 is 0. The van der Waals surface area contributed by atoms with E-state index in [2.05, 4.69) is 22.0 Å². The summed E-state index contributed by atoms with van der Waals surface area (Å²) in [7, 11) is 0. The lowest BCUT2D eigenvalue weighted by atomic mass is 10.2. The number of nitrogens with zero attached hydrogens (tertiary/aromatic N) is 3. The molecule has 0 saturated carbocycles. The molecule has 6 nitrogen and oxygen atoms in total. The van der Waals surface area contributed by atoms with E-state index >= 15 is 0 Å². The number of H-pyrrole nitrogens is 1. The molecule has 0 amide bonds. The Morgan fingerprint density at radius 2 is 2.26 bits per heavy atom. The van der Waals surface area contributed by atoms with Crippen LogP contribution in [-0.2, 0) is 6.54 Å². The van der Waals surface area contributed by atoms with Crippen LogP contribution in [0.25, 0.3) is 0 Å². The van der Waals surface area contributed by atoms with Crippen LogP contribution < -0.4 is 5.69 Å². The van der Waals surface area contributed by atoms with Crippen LogP contribution in [0.5, 0.6) is 0 Å². The summed E-state index contributed by atoms with van der Waals surface area (Å²) in [5.41, 5.74) is -0.183. The van der Waals surface area contributed by atoms with Crippen LogP contribution in [-0.4, -0.2) is 32.8 Å². The maximum absolute atomic E-state index is 11.9. The van der Waals surface area contributed by atoms with Crippen LogP contribution in [0.1, 0.15) is 37.4 Å². The van der Waals surface area contributed by atoms with Gasteiger partial charge in [0.2, 0.25) is 0 Å². The Morgan fingerprint density at radius 3 is 2.95 bits per heavy atom. The van der Waals surface area contributed by atoms with Crippen LogP contribution in [0, 0.1) is 0 Å². The number of aromatic amines is 1. The van der Waals surface area contributed by atoms with E-state index in [0.717, 1.165) is 24.7 Å². The van der Waals surface area contributed by atoms with Gasteiger partial charge in [-0.2, -0.15) is 5.10 Å². The number of likely N-dealkylation sites (tertiary alicyclic amines) is 1. The summed E-state index contributed by atoms with van der Waals surface area (Å²) in [6.45, 7) is 4.67. The van der Waals surface area contributed by atoms with E-state index < -0.39 is 0 Å². The smallest absolute Gasteiger partial charge is 0.343 e. The fourth-order valence-corrected chi connectivity index (χ4v) is 2.65. The molecule has 1 unspecified atom stereocenters. The molecule has 0 aromatic carbocycles. The lowest BCUT2D eigenvalue weighted by molar-refractivity contribution is 0.247. The minimum absolute atomic E-state index is 0.149. The average molecular weight is 262 g/mol. The standard InChI is InChI=1S/C13H18N4O2/c1-10(16-6-2-3-7-16)12-14-15-13(18)17(12)9-11-5-4-8-19-11/h4-5,8,10H,2-3,6-7,9H2,1H3,(H,15,18). The topological polar surface area (TPSA) is 67.1 Å². The van der Waals surface area contributed by atoms with Crippen molar-refractivity contribution in [3.63, 3.8) is 0 Å². The molecule has 1 N–H and O–H groups in total. The molecule has 3 heterocycles. The van der Waals surface area contributed by atoms with E-state index in [9.17, 15) is 4.79 Å². The molecule has 102 valence electrons. The van der Waals surface area contributed by atoms with E-state index in [0.29, 0.717) is 6.54 Å². The molecule has 2 aromatic heterocycles. The summed E-state index contributed by atoms with van der Waals surface area (Å²) in [5.74, 6) is 1.54. The third-order valence-electron chi connectivity index (χ3n) is 3.74. The van der Waals surface area contributed by atoms with Crippen LogP contribution in [0.3, 0.4) is 0 Å². The molecule has 1 saturated heterocycles. The van der Waals surface area contributed by atoms with E-state index in [-0.39, 0.29) is 11.7 Å². The summed E-state index contributed by atoms with van der Waals surface area (Å²) in [4.78, 5) is 14.2. The minimum Gasteiger partial charge on any atom is -0.467 e. The quantitative estimate of drug-likeness (QED) is 0.903. The summed E-state index contributed by atoms with van der Waals surface area (Å²) in [6.07, 6.45) is 4.05. The second kappa shape index (κ2) is 5.05. The first-order valence-corrected chi connectivity index (χ1v) is 6.67. The maximum atomic E-state index is 11.9. The Hall–Kier alpha value is -1.82. The lowest BCUT2D eigenvalue weighted by Crippen LogP contribution is -2.28. The minimum atomic E-state index is -0.183. The maximum Gasteiger partial charge on any atom is 0.343 e. The fraction of sp³-hybridized carbons (Fsp3) is 0.538. The van der Waals surface area contributed by atoms with Crippen molar-refractivity contribution in [2.45, 2.75) is 32.4 Å². The van der Waals surface area contributed by atoms with Gasteiger partial charge in [-0.3, -0.25) is 9.47 Å². The number of rotatable bonds is 4. The van der Waals surface area contributed by atoms with E-state index in [1.54, 1.807) is 10.8 Å². The van der Waals surface area contributed by atoms with Crippen molar-refractivity contribution < 1.29 is 4.42 Å². The van der Waals surface area contributed by atoms with Gasteiger partial charge in [-0.15, -0.1) is 0 Å². The van der Waals surface area contributed by atoms with Gasteiger partial charge < -0.3 is 4.42 Å². The highest BCUT2D eigenvalue weighted by atomic mass is 16.3. The second-order valence-corrected chi connectivity index (χ2v) is 4.97. The average Bonchev–Trinajstić information content (AvgIpc) is 3.13. The van der Waals surface area contributed by atoms with Gasteiger partial charge in [-0.25, -0.2) is 9.89 Å². The molecule has 1 fully saturated rings. The van der Waals surface area contributed by atoms with Gasteiger partial charge in [0.15, 0.2) is 5.82 Å². The van der Waals surface area contributed by atoms with Gasteiger partial charge >= 0.3 is 5.69 Å². The molecule has 0 bridgehead atoms. The van der Waals surface area contributed by atoms with Gasteiger partial charge in [-0.1, -0.05) is 0 Å². The highest BCUT2D eigenvalue weighted by Gasteiger charge is 2.24. The molecular formula is C13H18N4O2. The van der Waals surface area contributed by atoms with E-state index in [1.807, 2.05) is 12.1 Å². The third-order valence-corrected chi connectivity index (χ3v) is 3.74. The van der Waals surface area contributed by atoms with Crippen molar-refractivity contribution in [3.05, 3.63) is 40.5 Å². The monoisotopic (exact) mass is 262 g/mol.